The van der Waals surface area contributed by atoms with Crippen molar-refractivity contribution in [3.05, 3.63) is 76.9 Å². The third kappa shape index (κ3) is 5.64. The maximum absolute atomic E-state index is 12.6. The van der Waals surface area contributed by atoms with Crippen molar-refractivity contribution in [1.29, 1.82) is 0 Å². The number of hydrogen-bond acceptors (Lipinski definition) is 3. The van der Waals surface area contributed by atoms with Crippen LogP contribution in [0.3, 0.4) is 0 Å². The van der Waals surface area contributed by atoms with Crippen molar-refractivity contribution >= 4 is 23.7 Å². The summed E-state index contributed by atoms with van der Waals surface area (Å²) in [6.07, 6.45) is 6.03. The second-order valence-corrected chi connectivity index (χ2v) is 7.66. The van der Waals surface area contributed by atoms with Gasteiger partial charge in [0, 0.05) is 29.7 Å². The number of carbonyl (C=O) groups is 1. The van der Waals surface area contributed by atoms with Crippen LogP contribution < -0.4 is 5.32 Å². The first-order valence-electron chi connectivity index (χ1n) is 9.94. The second kappa shape index (κ2) is 9.32. The van der Waals surface area contributed by atoms with E-state index in [4.69, 9.17) is 0 Å². The molecule has 0 atom stereocenters. The molecule has 0 aliphatic carbocycles. The third-order valence-corrected chi connectivity index (χ3v) is 4.71. The quantitative estimate of drug-likeness (QED) is 0.626. The van der Waals surface area contributed by atoms with Crippen molar-refractivity contribution in [2.24, 2.45) is 5.92 Å². The number of nitrogens with zero attached hydrogens (tertiary/aromatic N) is 3. The molecule has 3 aromatic rings. The summed E-state index contributed by atoms with van der Waals surface area (Å²) in [5.41, 5.74) is 5.68. The highest BCUT2D eigenvalue weighted by molar-refractivity contribution is 5.93. The van der Waals surface area contributed by atoms with Gasteiger partial charge in [-0.25, -0.2) is 0 Å². The van der Waals surface area contributed by atoms with Gasteiger partial charge in [0.2, 0.25) is 5.91 Å². The van der Waals surface area contributed by atoms with Gasteiger partial charge in [0.1, 0.15) is 0 Å². The Hall–Kier alpha value is -3.21. The summed E-state index contributed by atoms with van der Waals surface area (Å²) < 4.78 is 2.01. The average molecular weight is 389 g/mol. The van der Waals surface area contributed by atoms with Gasteiger partial charge in [0.25, 0.3) is 0 Å². The van der Waals surface area contributed by atoms with E-state index >= 15 is 0 Å². The predicted octanol–water partition coefficient (Wildman–Crippen LogP) is 4.90. The summed E-state index contributed by atoms with van der Waals surface area (Å²) in [6.45, 7) is 9.19. The molecule has 0 fully saturated rings. The summed E-state index contributed by atoms with van der Waals surface area (Å²) in [5, 5.41) is 7.61. The van der Waals surface area contributed by atoms with Gasteiger partial charge in [-0.05, 0) is 55.7 Å². The molecule has 5 nitrogen and oxygen atoms in total. The molecule has 150 valence electrons. The van der Waals surface area contributed by atoms with E-state index in [1.165, 1.54) is 0 Å². The van der Waals surface area contributed by atoms with E-state index in [-0.39, 0.29) is 5.91 Å². The molecule has 2 heterocycles. The van der Waals surface area contributed by atoms with Crippen LogP contribution in [0.15, 0.2) is 48.7 Å². The number of nitrogens with one attached hydrogen (secondary N) is 1. The van der Waals surface area contributed by atoms with Gasteiger partial charge in [-0.2, -0.15) is 5.10 Å². The monoisotopic (exact) mass is 388 g/mol. The lowest BCUT2D eigenvalue weighted by Gasteiger charge is -2.09. The number of benzene rings is 1. The molecular weight excluding hydrogens is 360 g/mol. The third-order valence-electron chi connectivity index (χ3n) is 4.71. The first-order chi connectivity index (χ1) is 13.9. The van der Waals surface area contributed by atoms with Crippen molar-refractivity contribution in [3.63, 3.8) is 0 Å². The first kappa shape index (κ1) is 20.5. The molecule has 29 heavy (non-hydrogen) atoms. The van der Waals surface area contributed by atoms with Crippen LogP contribution >= 0.6 is 0 Å². The molecule has 0 saturated carbocycles. The standard InChI is InChI=1S/C24H28N4O/c1-17(2)16-28-19(4)23(18(3)27-28)15-24(29)26-22-10-7-8-20(14-22)11-12-21-9-5-6-13-25-21/h5-14,17H,15-16H2,1-4H3,(H,26,29)/b12-11+. The summed E-state index contributed by atoms with van der Waals surface area (Å²) >= 11 is 0. The molecule has 0 aliphatic heterocycles. The van der Waals surface area contributed by atoms with Gasteiger partial charge in [0.05, 0.1) is 17.8 Å². The lowest BCUT2D eigenvalue weighted by Crippen LogP contribution is -2.15. The number of anilines is 1. The van der Waals surface area contributed by atoms with Crippen LogP contribution in [0.25, 0.3) is 12.2 Å². The molecule has 2 aromatic heterocycles. The van der Waals surface area contributed by atoms with Crippen molar-refractivity contribution in [2.45, 2.75) is 40.7 Å². The van der Waals surface area contributed by atoms with Crippen LogP contribution in [0.2, 0.25) is 0 Å². The Kier molecular flexibility index (Phi) is 6.60. The topological polar surface area (TPSA) is 59.8 Å². The smallest absolute Gasteiger partial charge is 0.228 e. The van der Waals surface area contributed by atoms with Crippen LogP contribution in [0.4, 0.5) is 5.69 Å². The molecule has 0 saturated heterocycles. The SMILES string of the molecule is Cc1nn(CC(C)C)c(C)c1CC(=O)Nc1cccc(/C=C/c2ccccn2)c1. The normalized spacial score (nSPS) is 11.3. The van der Waals surface area contributed by atoms with Crippen LogP contribution in [-0.4, -0.2) is 20.7 Å². The number of amides is 1. The number of aryl methyl sites for hydroxylation is 1. The fourth-order valence-electron chi connectivity index (χ4n) is 3.26. The average Bonchev–Trinajstić information content (AvgIpc) is 2.94. The highest BCUT2D eigenvalue weighted by Gasteiger charge is 2.15. The van der Waals surface area contributed by atoms with Crippen LogP contribution in [0, 0.1) is 19.8 Å². The van der Waals surface area contributed by atoms with Crippen molar-refractivity contribution in [1.82, 2.24) is 14.8 Å². The predicted molar refractivity (Wildman–Crippen MR) is 118 cm³/mol. The van der Waals surface area contributed by atoms with Crippen LogP contribution in [-0.2, 0) is 17.8 Å². The Morgan fingerprint density at radius 3 is 2.69 bits per heavy atom. The maximum Gasteiger partial charge on any atom is 0.228 e. The minimum absolute atomic E-state index is 0.0360. The number of carbonyl (C=O) groups excluding carboxylic acids is 1. The molecule has 0 bridgehead atoms. The van der Waals surface area contributed by atoms with Crippen LogP contribution in [0.1, 0.15) is 42.1 Å². The maximum atomic E-state index is 12.6. The minimum Gasteiger partial charge on any atom is -0.326 e. The van der Waals surface area contributed by atoms with Gasteiger partial charge in [0.15, 0.2) is 0 Å². The molecule has 5 heteroatoms. The number of pyridine rings is 1. The van der Waals surface area contributed by atoms with Crippen molar-refractivity contribution in [2.75, 3.05) is 5.32 Å². The van der Waals surface area contributed by atoms with E-state index in [1.54, 1.807) is 6.20 Å². The van der Waals surface area contributed by atoms with Crippen molar-refractivity contribution < 1.29 is 4.79 Å². The number of rotatable bonds is 7. The Bertz CT molecular complexity index is 1000. The van der Waals surface area contributed by atoms with Gasteiger partial charge in [-0.1, -0.05) is 38.1 Å². The largest absolute Gasteiger partial charge is 0.326 e. The molecule has 0 unspecified atom stereocenters. The van der Waals surface area contributed by atoms with Gasteiger partial charge < -0.3 is 5.32 Å². The summed E-state index contributed by atoms with van der Waals surface area (Å²) in [7, 11) is 0. The molecule has 0 spiro atoms. The van der Waals surface area contributed by atoms with Gasteiger partial charge >= 0.3 is 0 Å². The van der Waals surface area contributed by atoms with E-state index in [0.29, 0.717) is 12.3 Å². The fraction of sp³-hybridized carbons (Fsp3) is 0.292. The van der Waals surface area contributed by atoms with Gasteiger partial charge in [-0.15, -0.1) is 0 Å². The second-order valence-electron chi connectivity index (χ2n) is 7.66. The molecule has 0 radical (unpaired) electrons. The Balaban J connectivity index is 1.67. The Labute approximate surface area is 172 Å². The Morgan fingerprint density at radius 1 is 1.14 bits per heavy atom. The highest BCUT2D eigenvalue weighted by atomic mass is 16.1. The van der Waals surface area contributed by atoms with E-state index in [9.17, 15) is 4.79 Å². The summed E-state index contributed by atoms with van der Waals surface area (Å²) in [5.74, 6) is 0.475. The van der Waals surface area contributed by atoms with E-state index in [0.717, 1.165) is 40.4 Å². The molecule has 0 aliphatic rings. The van der Waals surface area contributed by atoms with E-state index in [1.807, 2.05) is 73.1 Å². The zero-order chi connectivity index (χ0) is 20.8. The minimum atomic E-state index is -0.0360. The van der Waals surface area contributed by atoms with Gasteiger partial charge in [-0.3, -0.25) is 14.5 Å². The molecule has 1 N–H and O–H groups in total. The zero-order valence-electron chi connectivity index (χ0n) is 17.5. The molecular formula is C24H28N4O. The fourth-order valence-corrected chi connectivity index (χ4v) is 3.26. The molecule has 1 amide bonds. The molecule has 3 rings (SSSR count). The number of aromatic nitrogens is 3. The zero-order valence-corrected chi connectivity index (χ0v) is 17.5. The first-order valence-corrected chi connectivity index (χ1v) is 9.94. The lowest BCUT2D eigenvalue weighted by molar-refractivity contribution is -0.115. The van der Waals surface area contributed by atoms with Crippen LogP contribution in [0.5, 0.6) is 0 Å². The molecule has 1 aromatic carbocycles. The lowest BCUT2D eigenvalue weighted by atomic mass is 10.1. The van der Waals surface area contributed by atoms with E-state index < -0.39 is 0 Å². The van der Waals surface area contributed by atoms with Crippen molar-refractivity contribution in [3.8, 4) is 0 Å². The highest BCUT2D eigenvalue weighted by Crippen LogP contribution is 2.18. The van der Waals surface area contributed by atoms with E-state index in [2.05, 4.69) is 29.2 Å². The summed E-state index contributed by atoms with van der Waals surface area (Å²) in [4.78, 5) is 16.9. The summed E-state index contributed by atoms with van der Waals surface area (Å²) in [6, 6.07) is 13.6. The Morgan fingerprint density at radius 2 is 1.97 bits per heavy atom. The number of hydrogen-bond donors (Lipinski definition) is 1.